The van der Waals surface area contributed by atoms with Gasteiger partial charge in [0, 0.05) is 18.6 Å². The molecule has 2 fully saturated rings. The average molecular weight is 182 g/mol. The molecule has 0 spiro atoms. The van der Waals surface area contributed by atoms with Gasteiger partial charge in [-0.25, -0.2) is 0 Å². The zero-order chi connectivity index (χ0) is 9.69. The van der Waals surface area contributed by atoms with Crippen molar-refractivity contribution in [1.29, 1.82) is 0 Å². The van der Waals surface area contributed by atoms with E-state index in [1.54, 1.807) is 0 Å². The van der Waals surface area contributed by atoms with Crippen LogP contribution in [0.2, 0.25) is 0 Å². The molecule has 0 bridgehead atoms. The van der Waals surface area contributed by atoms with Crippen molar-refractivity contribution in [1.82, 2.24) is 4.90 Å². The number of nitrogens with two attached hydrogens (primary N) is 1. The van der Waals surface area contributed by atoms with E-state index in [0.29, 0.717) is 11.0 Å². The van der Waals surface area contributed by atoms with Gasteiger partial charge in [0.1, 0.15) is 0 Å². The van der Waals surface area contributed by atoms with E-state index in [2.05, 4.69) is 25.7 Å². The summed E-state index contributed by atoms with van der Waals surface area (Å²) in [6, 6.07) is 0. The zero-order valence-corrected chi connectivity index (χ0v) is 9.14. The van der Waals surface area contributed by atoms with E-state index in [1.165, 1.54) is 25.9 Å². The van der Waals surface area contributed by atoms with E-state index >= 15 is 0 Å². The van der Waals surface area contributed by atoms with E-state index in [4.69, 9.17) is 5.73 Å². The number of fused-ring (bicyclic) bond motifs is 1. The summed E-state index contributed by atoms with van der Waals surface area (Å²) in [7, 11) is 0. The molecule has 1 aliphatic carbocycles. The highest BCUT2D eigenvalue weighted by Gasteiger charge is 2.60. The smallest absolute Gasteiger partial charge is 0.0151 e. The molecule has 2 rings (SSSR count). The summed E-state index contributed by atoms with van der Waals surface area (Å²) in [5, 5.41) is 0. The number of piperidine rings is 1. The fraction of sp³-hybridized carbons (Fsp3) is 1.00. The molecule has 2 heteroatoms. The SMILES string of the molecule is CCC(C)(C)N1CC2CC2(CN)C1. The highest BCUT2D eigenvalue weighted by molar-refractivity contribution is 5.12. The molecule has 2 atom stereocenters. The first-order chi connectivity index (χ1) is 6.04. The second-order valence-electron chi connectivity index (χ2n) is 5.51. The van der Waals surface area contributed by atoms with E-state index in [1.807, 2.05) is 0 Å². The summed E-state index contributed by atoms with van der Waals surface area (Å²) < 4.78 is 0. The fourth-order valence-electron chi connectivity index (χ4n) is 2.59. The molecule has 1 saturated carbocycles. The summed E-state index contributed by atoms with van der Waals surface area (Å²) in [5.74, 6) is 0.920. The van der Waals surface area contributed by atoms with Gasteiger partial charge >= 0.3 is 0 Å². The summed E-state index contributed by atoms with van der Waals surface area (Å²) in [5.41, 5.74) is 6.75. The highest BCUT2D eigenvalue weighted by Crippen LogP contribution is 2.58. The molecule has 2 nitrogen and oxygen atoms in total. The average Bonchev–Trinajstić information content (AvgIpc) is 2.69. The molecule has 0 radical (unpaired) electrons. The Hall–Kier alpha value is -0.0800. The minimum absolute atomic E-state index is 0.385. The third-order valence-corrected chi connectivity index (χ3v) is 4.43. The molecule has 1 aliphatic heterocycles. The molecule has 0 aromatic carbocycles. The Morgan fingerprint density at radius 2 is 2.23 bits per heavy atom. The van der Waals surface area contributed by atoms with Gasteiger partial charge in [0.2, 0.25) is 0 Å². The lowest BCUT2D eigenvalue weighted by atomic mass is 9.98. The van der Waals surface area contributed by atoms with Crippen LogP contribution in [0.15, 0.2) is 0 Å². The summed E-state index contributed by atoms with van der Waals surface area (Å²) in [6.45, 7) is 10.4. The minimum atomic E-state index is 0.385. The number of rotatable bonds is 3. The summed E-state index contributed by atoms with van der Waals surface area (Å²) in [4.78, 5) is 2.63. The van der Waals surface area contributed by atoms with E-state index in [0.717, 1.165) is 12.5 Å². The highest BCUT2D eigenvalue weighted by atomic mass is 15.2. The molecule has 76 valence electrons. The molecule has 1 saturated heterocycles. The second kappa shape index (κ2) is 2.71. The van der Waals surface area contributed by atoms with Crippen LogP contribution in [-0.4, -0.2) is 30.1 Å². The first kappa shape index (κ1) is 9.47. The van der Waals surface area contributed by atoms with Gasteiger partial charge < -0.3 is 5.73 Å². The lowest BCUT2D eigenvalue weighted by Gasteiger charge is -2.36. The van der Waals surface area contributed by atoms with E-state index in [-0.39, 0.29) is 0 Å². The van der Waals surface area contributed by atoms with Gasteiger partial charge in [-0.1, -0.05) is 6.92 Å². The molecular weight excluding hydrogens is 160 g/mol. The van der Waals surface area contributed by atoms with Crippen molar-refractivity contribution in [3.05, 3.63) is 0 Å². The maximum Gasteiger partial charge on any atom is 0.0151 e. The predicted octanol–water partition coefficient (Wildman–Crippen LogP) is 1.46. The molecule has 0 aromatic rings. The van der Waals surface area contributed by atoms with Gasteiger partial charge in [-0.05, 0) is 44.6 Å². The van der Waals surface area contributed by atoms with Crippen LogP contribution in [0.25, 0.3) is 0 Å². The van der Waals surface area contributed by atoms with Crippen LogP contribution < -0.4 is 5.73 Å². The Morgan fingerprint density at radius 1 is 1.54 bits per heavy atom. The number of hydrogen-bond donors (Lipinski definition) is 1. The number of likely N-dealkylation sites (tertiary alicyclic amines) is 1. The largest absolute Gasteiger partial charge is 0.330 e. The minimum Gasteiger partial charge on any atom is -0.330 e. The Balaban J connectivity index is 2.01. The first-order valence-electron chi connectivity index (χ1n) is 5.49. The van der Waals surface area contributed by atoms with Crippen LogP contribution in [0.3, 0.4) is 0 Å². The van der Waals surface area contributed by atoms with Crippen LogP contribution >= 0.6 is 0 Å². The lowest BCUT2D eigenvalue weighted by molar-refractivity contribution is 0.124. The topological polar surface area (TPSA) is 29.3 Å². The Labute approximate surface area is 81.5 Å². The molecule has 2 unspecified atom stereocenters. The van der Waals surface area contributed by atoms with Crippen LogP contribution in [-0.2, 0) is 0 Å². The Morgan fingerprint density at radius 3 is 2.69 bits per heavy atom. The summed E-state index contributed by atoms with van der Waals surface area (Å²) in [6.07, 6.45) is 2.63. The normalized spacial score (nSPS) is 39.2. The third kappa shape index (κ3) is 1.31. The third-order valence-electron chi connectivity index (χ3n) is 4.43. The van der Waals surface area contributed by atoms with Gasteiger partial charge in [0.25, 0.3) is 0 Å². The maximum atomic E-state index is 5.83. The summed E-state index contributed by atoms with van der Waals surface area (Å²) >= 11 is 0. The van der Waals surface area contributed by atoms with Gasteiger partial charge in [0.05, 0.1) is 0 Å². The fourth-order valence-corrected chi connectivity index (χ4v) is 2.59. The van der Waals surface area contributed by atoms with Gasteiger partial charge in [-0.2, -0.15) is 0 Å². The van der Waals surface area contributed by atoms with E-state index < -0.39 is 0 Å². The van der Waals surface area contributed by atoms with Crippen LogP contribution in [0.5, 0.6) is 0 Å². The lowest BCUT2D eigenvalue weighted by Crippen LogP contribution is -2.44. The van der Waals surface area contributed by atoms with Gasteiger partial charge in [0.15, 0.2) is 0 Å². The molecule has 2 aliphatic rings. The molecule has 2 N–H and O–H groups in total. The van der Waals surface area contributed by atoms with Crippen LogP contribution in [0.1, 0.15) is 33.6 Å². The number of hydrogen-bond acceptors (Lipinski definition) is 2. The van der Waals surface area contributed by atoms with Crippen molar-refractivity contribution >= 4 is 0 Å². The first-order valence-corrected chi connectivity index (χ1v) is 5.49. The van der Waals surface area contributed by atoms with Gasteiger partial charge in [-0.3, -0.25) is 4.90 Å². The van der Waals surface area contributed by atoms with Crippen molar-refractivity contribution in [2.24, 2.45) is 17.1 Å². The predicted molar refractivity (Wildman–Crippen MR) is 55.5 cm³/mol. The standard InChI is InChI=1S/C11H22N2/c1-4-10(2,3)13-6-9-5-11(9,7-12)8-13/h9H,4-8,12H2,1-3H3. The van der Waals surface area contributed by atoms with Crippen LogP contribution in [0, 0.1) is 11.3 Å². The van der Waals surface area contributed by atoms with Crippen molar-refractivity contribution < 1.29 is 0 Å². The van der Waals surface area contributed by atoms with Crippen molar-refractivity contribution in [2.75, 3.05) is 19.6 Å². The zero-order valence-electron chi connectivity index (χ0n) is 9.14. The quantitative estimate of drug-likeness (QED) is 0.716. The van der Waals surface area contributed by atoms with Crippen molar-refractivity contribution in [3.63, 3.8) is 0 Å². The second-order valence-corrected chi connectivity index (χ2v) is 5.51. The van der Waals surface area contributed by atoms with Crippen LogP contribution in [0.4, 0.5) is 0 Å². The maximum absolute atomic E-state index is 5.83. The van der Waals surface area contributed by atoms with Crippen molar-refractivity contribution in [3.8, 4) is 0 Å². The van der Waals surface area contributed by atoms with Crippen molar-refractivity contribution in [2.45, 2.75) is 39.2 Å². The monoisotopic (exact) mass is 182 g/mol. The molecular formula is C11H22N2. The Kier molecular flexibility index (Phi) is 1.97. The molecule has 1 heterocycles. The Bertz CT molecular complexity index is 208. The number of nitrogens with zero attached hydrogens (tertiary/aromatic N) is 1. The van der Waals surface area contributed by atoms with E-state index in [9.17, 15) is 0 Å². The molecule has 0 amide bonds. The van der Waals surface area contributed by atoms with Gasteiger partial charge in [-0.15, -0.1) is 0 Å². The molecule has 0 aromatic heterocycles. The molecule has 13 heavy (non-hydrogen) atoms.